The Morgan fingerprint density at radius 1 is 0.800 bits per heavy atom. The fourth-order valence-electron chi connectivity index (χ4n) is 7.60. The monoisotopic (exact) mass is 414 g/mol. The normalized spacial score (nSPS) is 37.1. The Hall–Kier alpha value is -0.900. The number of hydrogen-bond donors (Lipinski definition) is 1. The van der Waals surface area contributed by atoms with Crippen molar-refractivity contribution in [1.29, 1.82) is 0 Å². The van der Waals surface area contributed by atoms with Crippen LogP contribution in [0.15, 0.2) is 0 Å². The maximum atomic E-state index is 13.3. The van der Waals surface area contributed by atoms with Crippen molar-refractivity contribution in [1.82, 2.24) is 10.2 Å². The lowest BCUT2D eigenvalue weighted by atomic mass is 9.80. The molecule has 1 aliphatic heterocycles. The average Bonchev–Trinajstić information content (AvgIpc) is 3.36. The van der Waals surface area contributed by atoms with Crippen molar-refractivity contribution >= 4 is 11.7 Å². The minimum absolute atomic E-state index is 0.0613. The number of carbonyl (C=O) groups excluding carboxylic acids is 2. The predicted molar refractivity (Wildman–Crippen MR) is 119 cm³/mol. The largest absolute Gasteiger partial charge is 0.351 e. The number of fused-ring (bicyclic) bond motifs is 1. The number of likely N-dealkylation sites (tertiary alicyclic amines) is 1. The molecule has 0 spiro atoms. The highest BCUT2D eigenvalue weighted by Gasteiger charge is 2.50. The summed E-state index contributed by atoms with van der Waals surface area (Å²) in [4.78, 5) is 28.7. The highest BCUT2D eigenvalue weighted by molar-refractivity contribution is 5.88. The first kappa shape index (κ1) is 21.0. The van der Waals surface area contributed by atoms with E-state index in [-0.39, 0.29) is 23.9 Å². The van der Waals surface area contributed by atoms with Crippen LogP contribution in [0.4, 0.5) is 0 Å². The number of rotatable bonds is 6. The number of amides is 1. The number of nitrogens with zero attached hydrogens (tertiary/aromatic N) is 1. The Morgan fingerprint density at radius 2 is 1.40 bits per heavy atom. The zero-order valence-electron chi connectivity index (χ0n) is 19.0. The minimum Gasteiger partial charge on any atom is -0.351 e. The summed E-state index contributed by atoms with van der Waals surface area (Å²) >= 11 is 0. The Kier molecular flexibility index (Phi) is 6.24. The van der Waals surface area contributed by atoms with E-state index in [4.69, 9.17) is 0 Å². The molecule has 0 aromatic heterocycles. The summed E-state index contributed by atoms with van der Waals surface area (Å²) in [6, 6.07) is 0.0447. The third-order valence-electron chi connectivity index (χ3n) is 9.64. The second-order valence-corrected chi connectivity index (χ2v) is 11.4. The standard InChI is InChI=1S/C26H42N2O2/c1-17(28-14-12-19(13-15-28)18-6-2-3-7-18)26(30)27-24-22-9-5-4-8-21(22)16-23(24)25(29)20-10-11-20/h17-24H,2-16H2,1H3,(H,27,30). The van der Waals surface area contributed by atoms with Crippen LogP contribution in [0.1, 0.15) is 90.4 Å². The van der Waals surface area contributed by atoms with Gasteiger partial charge in [0.15, 0.2) is 0 Å². The fraction of sp³-hybridized carbons (Fsp3) is 0.923. The minimum atomic E-state index is -0.0613. The number of ketones is 1. The topological polar surface area (TPSA) is 49.4 Å². The zero-order valence-corrected chi connectivity index (χ0v) is 19.0. The molecule has 4 aliphatic carbocycles. The van der Waals surface area contributed by atoms with Crippen molar-refractivity contribution in [3.8, 4) is 0 Å². The molecule has 4 heteroatoms. The predicted octanol–water partition coefficient (Wildman–Crippen LogP) is 4.57. The third kappa shape index (κ3) is 4.23. The molecule has 0 aromatic carbocycles. The van der Waals surface area contributed by atoms with Gasteiger partial charge >= 0.3 is 0 Å². The second kappa shape index (κ2) is 8.92. The van der Waals surface area contributed by atoms with E-state index < -0.39 is 0 Å². The van der Waals surface area contributed by atoms with Crippen molar-refractivity contribution in [3.05, 3.63) is 0 Å². The van der Waals surface area contributed by atoms with Crippen LogP contribution in [0, 0.1) is 35.5 Å². The van der Waals surface area contributed by atoms with Crippen molar-refractivity contribution in [2.24, 2.45) is 35.5 Å². The van der Waals surface area contributed by atoms with Crippen LogP contribution in [0.5, 0.6) is 0 Å². The van der Waals surface area contributed by atoms with Crippen molar-refractivity contribution < 1.29 is 9.59 Å². The summed E-state index contributed by atoms with van der Waals surface area (Å²) in [5.74, 6) is 4.09. The Labute approximate surface area is 182 Å². The highest BCUT2D eigenvalue weighted by Crippen LogP contribution is 2.48. The fourth-order valence-corrected chi connectivity index (χ4v) is 7.60. The molecule has 5 rings (SSSR count). The molecule has 168 valence electrons. The summed E-state index contributed by atoms with van der Waals surface area (Å²) in [6.45, 7) is 4.23. The van der Waals surface area contributed by atoms with Crippen LogP contribution in [0.2, 0.25) is 0 Å². The van der Waals surface area contributed by atoms with Gasteiger partial charge in [-0.2, -0.15) is 0 Å². The van der Waals surface area contributed by atoms with E-state index in [2.05, 4.69) is 17.1 Å². The van der Waals surface area contributed by atoms with Gasteiger partial charge in [0, 0.05) is 17.9 Å². The first-order valence-electron chi connectivity index (χ1n) is 13.2. The molecule has 0 radical (unpaired) electrons. The van der Waals surface area contributed by atoms with Crippen LogP contribution >= 0.6 is 0 Å². The lowest BCUT2D eigenvalue weighted by Gasteiger charge is -2.38. The number of Topliss-reactive ketones (excluding diaryl/α,β-unsaturated/α-hetero) is 1. The first-order valence-corrected chi connectivity index (χ1v) is 13.2. The first-order chi connectivity index (χ1) is 14.6. The molecule has 1 amide bonds. The number of nitrogens with one attached hydrogen (secondary N) is 1. The van der Waals surface area contributed by atoms with Crippen LogP contribution in [0.3, 0.4) is 0 Å². The van der Waals surface area contributed by atoms with Crippen LogP contribution in [-0.2, 0) is 9.59 Å². The number of piperidine rings is 1. The molecule has 5 fully saturated rings. The molecule has 1 saturated heterocycles. The molecule has 1 heterocycles. The Bertz CT molecular complexity index is 631. The van der Waals surface area contributed by atoms with Crippen LogP contribution < -0.4 is 5.32 Å². The molecule has 0 bridgehead atoms. The SMILES string of the molecule is CC(C(=O)NC1C(C(=O)C2CC2)CC2CCCCC21)N1CCC(C2CCCC2)CC1. The van der Waals surface area contributed by atoms with E-state index in [9.17, 15) is 9.59 Å². The average molecular weight is 415 g/mol. The van der Waals surface area contributed by atoms with Gasteiger partial charge in [0.2, 0.25) is 5.91 Å². The molecule has 5 aliphatic rings. The Balaban J connectivity index is 1.19. The number of carbonyl (C=O) groups is 2. The van der Waals surface area contributed by atoms with Crippen molar-refractivity contribution in [2.75, 3.05) is 13.1 Å². The van der Waals surface area contributed by atoms with Gasteiger partial charge in [0.25, 0.3) is 0 Å². The van der Waals surface area contributed by atoms with Gasteiger partial charge in [-0.25, -0.2) is 0 Å². The molecular weight excluding hydrogens is 372 g/mol. The van der Waals surface area contributed by atoms with Gasteiger partial charge in [-0.15, -0.1) is 0 Å². The number of hydrogen-bond acceptors (Lipinski definition) is 3. The summed E-state index contributed by atoms with van der Waals surface area (Å²) in [7, 11) is 0. The summed E-state index contributed by atoms with van der Waals surface area (Å²) in [5, 5.41) is 3.45. The smallest absolute Gasteiger partial charge is 0.237 e. The van der Waals surface area contributed by atoms with E-state index >= 15 is 0 Å². The third-order valence-corrected chi connectivity index (χ3v) is 9.64. The molecular formula is C26H42N2O2. The van der Waals surface area contributed by atoms with Crippen molar-refractivity contribution in [2.45, 2.75) is 102 Å². The van der Waals surface area contributed by atoms with Crippen LogP contribution in [-0.4, -0.2) is 41.8 Å². The van der Waals surface area contributed by atoms with Gasteiger partial charge in [-0.1, -0.05) is 44.9 Å². The maximum Gasteiger partial charge on any atom is 0.237 e. The molecule has 4 nitrogen and oxygen atoms in total. The Morgan fingerprint density at radius 3 is 2.07 bits per heavy atom. The van der Waals surface area contributed by atoms with Gasteiger partial charge in [-0.3, -0.25) is 14.5 Å². The van der Waals surface area contributed by atoms with E-state index in [1.165, 1.54) is 64.2 Å². The maximum absolute atomic E-state index is 13.3. The lowest BCUT2D eigenvalue weighted by molar-refractivity contribution is -0.129. The quantitative estimate of drug-likeness (QED) is 0.693. The van der Waals surface area contributed by atoms with Gasteiger partial charge in [0.1, 0.15) is 5.78 Å². The van der Waals surface area contributed by atoms with Gasteiger partial charge < -0.3 is 5.32 Å². The van der Waals surface area contributed by atoms with Gasteiger partial charge in [0.05, 0.1) is 6.04 Å². The second-order valence-electron chi connectivity index (χ2n) is 11.4. The summed E-state index contributed by atoms with van der Waals surface area (Å²) in [6.07, 6.45) is 16.5. The van der Waals surface area contributed by atoms with E-state index in [1.54, 1.807) is 0 Å². The molecule has 1 N–H and O–H groups in total. The van der Waals surface area contributed by atoms with E-state index in [0.717, 1.165) is 44.2 Å². The van der Waals surface area contributed by atoms with Crippen LogP contribution in [0.25, 0.3) is 0 Å². The molecule has 0 aromatic rings. The van der Waals surface area contributed by atoms with Gasteiger partial charge in [-0.05, 0) is 82.2 Å². The van der Waals surface area contributed by atoms with E-state index in [0.29, 0.717) is 23.5 Å². The summed E-state index contributed by atoms with van der Waals surface area (Å²) < 4.78 is 0. The highest BCUT2D eigenvalue weighted by atomic mass is 16.2. The molecule has 30 heavy (non-hydrogen) atoms. The van der Waals surface area contributed by atoms with Crippen molar-refractivity contribution in [3.63, 3.8) is 0 Å². The van der Waals surface area contributed by atoms with E-state index in [1.807, 2.05) is 0 Å². The lowest BCUT2D eigenvalue weighted by Crippen LogP contribution is -2.53. The summed E-state index contributed by atoms with van der Waals surface area (Å²) in [5.41, 5.74) is 0. The molecule has 5 atom stereocenters. The zero-order chi connectivity index (χ0) is 20.7. The molecule has 4 saturated carbocycles. The molecule has 5 unspecified atom stereocenters.